The van der Waals surface area contributed by atoms with Crippen molar-refractivity contribution < 1.29 is 27.9 Å². The zero-order valence-electron chi connectivity index (χ0n) is 15.6. The Bertz CT molecular complexity index is 1030. The maximum Gasteiger partial charge on any atom is 0.337 e. The number of carboxylic acids is 1. The van der Waals surface area contributed by atoms with Crippen molar-refractivity contribution in [1.29, 1.82) is 0 Å². The third-order valence-electron chi connectivity index (χ3n) is 4.18. The monoisotopic (exact) mass is 436 g/mol. The lowest BCUT2D eigenvalue weighted by atomic mass is 10.1. The van der Waals surface area contributed by atoms with E-state index in [1.807, 2.05) is 0 Å². The molecule has 1 saturated heterocycles. The number of anilines is 1. The number of sulfonamides is 1. The maximum absolute atomic E-state index is 12.8. The highest BCUT2D eigenvalue weighted by molar-refractivity contribution is 7.91. The molecule has 0 aliphatic carbocycles. The smallest absolute Gasteiger partial charge is 0.337 e. The Morgan fingerprint density at radius 1 is 1.14 bits per heavy atom. The van der Waals surface area contributed by atoms with E-state index in [-0.39, 0.29) is 28.8 Å². The first kappa shape index (κ1) is 21.2. The number of benzene rings is 1. The number of hydrogen-bond acceptors (Lipinski definition) is 6. The van der Waals surface area contributed by atoms with Crippen LogP contribution in [-0.2, 0) is 24.3 Å². The molecule has 8 nitrogen and oxygen atoms in total. The number of hydrogen-bond donors (Lipinski definition) is 2. The molecule has 1 aliphatic heterocycles. The normalized spacial score (nSPS) is 15.8. The minimum Gasteiger partial charge on any atom is -0.478 e. The Kier molecular flexibility index (Phi) is 6.48. The van der Waals surface area contributed by atoms with E-state index < -0.39 is 16.0 Å². The third kappa shape index (κ3) is 5.10. The van der Waals surface area contributed by atoms with Crippen molar-refractivity contribution in [1.82, 2.24) is 4.31 Å². The summed E-state index contributed by atoms with van der Waals surface area (Å²) >= 11 is 0.924. The van der Waals surface area contributed by atoms with Gasteiger partial charge in [0, 0.05) is 30.6 Å². The van der Waals surface area contributed by atoms with Crippen molar-refractivity contribution in [2.24, 2.45) is 0 Å². The topological polar surface area (TPSA) is 113 Å². The fraction of sp³-hybridized carbons (Fsp3) is 0.263. The van der Waals surface area contributed by atoms with Gasteiger partial charge in [-0.3, -0.25) is 4.79 Å². The van der Waals surface area contributed by atoms with E-state index in [2.05, 4.69) is 5.32 Å². The summed E-state index contributed by atoms with van der Waals surface area (Å²) in [6, 6.07) is 9.61. The third-order valence-corrected chi connectivity index (χ3v) is 7.67. The van der Waals surface area contributed by atoms with Crippen LogP contribution in [-0.4, -0.2) is 56.0 Å². The molecule has 0 radical (unpaired) electrons. The van der Waals surface area contributed by atoms with Gasteiger partial charge in [0.25, 0.3) is 10.0 Å². The number of rotatable bonds is 6. The van der Waals surface area contributed by atoms with E-state index in [0.29, 0.717) is 29.3 Å². The van der Waals surface area contributed by atoms with Crippen molar-refractivity contribution in [3.63, 3.8) is 0 Å². The molecule has 3 rings (SSSR count). The highest BCUT2D eigenvalue weighted by atomic mass is 32.2. The van der Waals surface area contributed by atoms with Gasteiger partial charge in [-0.15, -0.1) is 11.3 Å². The van der Waals surface area contributed by atoms with Crippen molar-refractivity contribution in [3.8, 4) is 0 Å². The summed E-state index contributed by atoms with van der Waals surface area (Å²) < 4.78 is 32.1. The van der Waals surface area contributed by atoms with Crippen LogP contribution in [0.3, 0.4) is 0 Å². The minimum absolute atomic E-state index is 0.00861. The van der Waals surface area contributed by atoms with E-state index >= 15 is 0 Å². The number of carbonyl (C=O) groups excluding carboxylic acids is 1. The summed E-state index contributed by atoms with van der Waals surface area (Å²) in [5, 5.41) is 12.3. The molecular weight excluding hydrogens is 416 g/mol. The van der Waals surface area contributed by atoms with Crippen LogP contribution in [0.25, 0.3) is 11.6 Å². The lowest BCUT2D eigenvalue weighted by Crippen LogP contribution is -2.40. The van der Waals surface area contributed by atoms with E-state index in [9.17, 15) is 23.1 Å². The molecule has 1 fully saturated rings. The van der Waals surface area contributed by atoms with Crippen molar-refractivity contribution in [2.75, 3.05) is 31.6 Å². The van der Waals surface area contributed by atoms with E-state index in [0.717, 1.165) is 11.3 Å². The average molecular weight is 437 g/mol. The lowest BCUT2D eigenvalue weighted by Gasteiger charge is -2.25. The summed E-state index contributed by atoms with van der Waals surface area (Å²) in [6.07, 6.45) is 1.47. The quantitative estimate of drug-likeness (QED) is 0.672. The second-order valence-corrected chi connectivity index (χ2v) is 9.55. The van der Waals surface area contributed by atoms with Crippen molar-refractivity contribution >= 4 is 50.6 Å². The zero-order valence-corrected chi connectivity index (χ0v) is 17.3. The number of aliphatic carboxylic acids is 1. The number of amides is 1. The lowest BCUT2D eigenvalue weighted by molar-refractivity contribution is -0.130. The van der Waals surface area contributed by atoms with E-state index in [1.54, 1.807) is 24.3 Å². The van der Waals surface area contributed by atoms with Gasteiger partial charge in [0.05, 0.1) is 18.8 Å². The second-order valence-electron chi connectivity index (χ2n) is 6.30. The molecule has 0 unspecified atom stereocenters. The molecule has 0 spiro atoms. The Labute approximate surface area is 172 Å². The molecule has 29 heavy (non-hydrogen) atoms. The molecule has 0 atom stereocenters. The second kappa shape index (κ2) is 8.87. The maximum atomic E-state index is 12.8. The molecule has 1 amide bonds. The standard InChI is InChI=1S/C19H20N2O6S2/c1-13(22)20-15-4-2-14(3-5-15)12-16(19(23)24)17-6-7-18(28-17)29(25,26)21-8-10-27-11-9-21/h2-7,12H,8-11H2,1H3,(H,20,22)(H,23,24)/b16-12+. The summed E-state index contributed by atoms with van der Waals surface area (Å²) in [6.45, 7) is 2.63. The summed E-state index contributed by atoms with van der Waals surface area (Å²) in [7, 11) is -3.68. The number of carbonyl (C=O) groups is 2. The van der Waals surface area contributed by atoms with Gasteiger partial charge in [-0.25, -0.2) is 13.2 Å². The Hall–Kier alpha value is -2.53. The van der Waals surface area contributed by atoms with Crippen LogP contribution in [0.15, 0.2) is 40.6 Å². The van der Waals surface area contributed by atoms with Crippen molar-refractivity contribution in [3.05, 3.63) is 46.8 Å². The molecule has 10 heteroatoms. The predicted octanol–water partition coefficient (Wildman–Crippen LogP) is 2.35. The Morgan fingerprint density at radius 3 is 2.38 bits per heavy atom. The van der Waals surface area contributed by atoms with Crippen LogP contribution in [0.4, 0.5) is 5.69 Å². The predicted molar refractivity (Wildman–Crippen MR) is 110 cm³/mol. The van der Waals surface area contributed by atoms with Gasteiger partial charge in [0.15, 0.2) is 0 Å². The van der Waals surface area contributed by atoms with Crippen LogP contribution in [0.5, 0.6) is 0 Å². The first-order chi connectivity index (χ1) is 13.8. The highest BCUT2D eigenvalue weighted by Gasteiger charge is 2.28. The molecule has 2 N–H and O–H groups in total. The first-order valence-corrected chi connectivity index (χ1v) is 11.0. The number of thiophene rings is 1. The van der Waals surface area contributed by atoms with Gasteiger partial charge in [0.2, 0.25) is 5.91 Å². The summed E-state index contributed by atoms with van der Waals surface area (Å²) in [5.41, 5.74) is 1.20. The summed E-state index contributed by atoms with van der Waals surface area (Å²) in [4.78, 5) is 23.2. The molecule has 2 heterocycles. The van der Waals surface area contributed by atoms with E-state index in [1.165, 1.54) is 29.4 Å². The van der Waals surface area contributed by atoms with Gasteiger partial charge in [-0.05, 0) is 35.9 Å². The minimum atomic E-state index is -3.68. The molecule has 0 bridgehead atoms. The molecule has 1 aromatic carbocycles. The van der Waals surface area contributed by atoms with Crippen LogP contribution < -0.4 is 5.32 Å². The van der Waals surface area contributed by atoms with Crippen LogP contribution >= 0.6 is 11.3 Å². The van der Waals surface area contributed by atoms with Crippen LogP contribution in [0.1, 0.15) is 17.4 Å². The average Bonchev–Trinajstić information content (AvgIpc) is 3.18. The number of nitrogens with zero attached hydrogens (tertiary/aromatic N) is 1. The molecule has 2 aromatic rings. The number of carboxylic acid groups (broad SMARTS) is 1. The molecule has 1 aromatic heterocycles. The van der Waals surface area contributed by atoms with Crippen LogP contribution in [0, 0.1) is 0 Å². The Balaban J connectivity index is 1.87. The molecule has 1 aliphatic rings. The van der Waals surface area contributed by atoms with E-state index in [4.69, 9.17) is 4.74 Å². The molecular formula is C19H20N2O6S2. The fourth-order valence-electron chi connectivity index (χ4n) is 2.79. The fourth-order valence-corrected chi connectivity index (χ4v) is 5.66. The highest BCUT2D eigenvalue weighted by Crippen LogP contribution is 2.31. The number of ether oxygens (including phenoxy) is 1. The largest absolute Gasteiger partial charge is 0.478 e. The zero-order chi connectivity index (χ0) is 21.0. The van der Waals surface area contributed by atoms with Crippen LogP contribution in [0.2, 0.25) is 0 Å². The van der Waals surface area contributed by atoms with Gasteiger partial charge in [-0.1, -0.05) is 12.1 Å². The molecule has 0 saturated carbocycles. The number of morpholine rings is 1. The summed E-state index contributed by atoms with van der Waals surface area (Å²) in [5.74, 6) is -1.36. The Morgan fingerprint density at radius 2 is 1.79 bits per heavy atom. The molecule has 154 valence electrons. The van der Waals surface area contributed by atoms with Gasteiger partial charge in [0.1, 0.15) is 4.21 Å². The number of nitrogens with one attached hydrogen (secondary N) is 1. The SMILES string of the molecule is CC(=O)Nc1ccc(/C=C(/C(=O)O)c2ccc(S(=O)(=O)N3CCOCC3)s2)cc1. The van der Waals surface area contributed by atoms with Gasteiger partial charge in [-0.2, -0.15) is 4.31 Å². The van der Waals surface area contributed by atoms with Gasteiger partial charge >= 0.3 is 5.97 Å². The van der Waals surface area contributed by atoms with Crippen molar-refractivity contribution in [2.45, 2.75) is 11.1 Å². The first-order valence-electron chi connectivity index (χ1n) is 8.78. The van der Waals surface area contributed by atoms with Gasteiger partial charge < -0.3 is 15.2 Å².